The van der Waals surface area contributed by atoms with Crippen LogP contribution in [0.2, 0.25) is 0 Å². The molecule has 0 aliphatic carbocycles. The predicted octanol–water partition coefficient (Wildman–Crippen LogP) is 4.90. The van der Waals surface area contributed by atoms with Crippen LogP contribution in [0.25, 0.3) is 0 Å². The second-order valence-corrected chi connectivity index (χ2v) is 7.71. The third kappa shape index (κ3) is 3.89. The highest BCUT2D eigenvalue weighted by Gasteiger charge is 2.23. The Hall–Kier alpha value is -0.200. The minimum atomic E-state index is 0.0134. The lowest BCUT2D eigenvalue weighted by molar-refractivity contribution is 0.412. The molecule has 0 bridgehead atoms. The van der Waals surface area contributed by atoms with Crippen molar-refractivity contribution in [3.63, 3.8) is 0 Å². The Morgan fingerprint density at radius 2 is 2.05 bits per heavy atom. The van der Waals surface area contributed by atoms with Gasteiger partial charge in [-0.2, -0.15) is 0 Å². The SMILES string of the molecule is COc1cc(NC2=NC(C)(C)CCS2)c(Br)cc1Br. The zero-order valence-electron chi connectivity index (χ0n) is 11.1. The molecule has 0 atom stereocenters. The predicted molar refractivity (Wildman–Crippen MR) is 90.6 cm³/mol. The number of rotatable bonds is 2. The van der Waals surface area contributed by atoms with Gasteiger partial charge in [0, 0.05) is 16.3 Å². The highest BCUT2D eigenvalue weighted by molar-refractivity contribution is 9.11. The van der Waals surface area contributed by atoms with E-state index in [0.29, 0.717) is 0 Å². The largest absolute Gasteiger partial charge is 0.495 e. The van der Waals surface area contributed by atoms with E-state index in [4.69, 9.17) is 9.73 Å². The summed E-state index contributed by atoms with van der Waals surface area (Å²) in [5, 5.41) is 4.33. The molecule has 0 aromatic heterocycles. The number of nitrogens with one attached hydrogen (secondary N) is 1. The summed E-state index contributed by atoms with van der Waals surface area (Å²) in [5.41, 5.74) is 0.975. The third-order valence-corrected chi connectivity index (χ3v) is 4.99. The van der Waals surface area contributed by atoms with Gasteiger partial charge in [-0.05, 0) is 58.2 Å². The molecular weight excluding hydrogens is 392 g/mol. The molecule has 0 spiro atoms. The molecule has 6 heteroatoms. The molecule has 104 valence electrons. The summed E-state index contributed by atoms with van der Waals surface area (Å²) in [7, 11) is 1.66. The fourth-order valence-corrected chi connectivity index (χ4v) is 4.26. The van der Waals surface area contributed by atoms with Gasteiger partial charge in [0.2, 0.25) is 0 Å². The number of ether oxygens (including phenoxy) is 1. The Balaban J connectivity index is 2.26. The van der Waals surface area contributed by atoms with Crippen LogP contribution in [-0.2, 0) is 0 Å². The monoisotopic (exact) mass is 406 g/mol. The number of methoxy groups -OCH3 is 1. The molecule has 1 aromatic rings. The van der Waals surface area contributed by atoms with Crippen molar-refractivity contribution in [1.29, 1.82) is 0 Å². The Morgan fingerprint density at radius 1 is 1.32 bits per heavy atom. The smallest absolute Gasteiger partial charge is 0.161 e. The summed E-state index contributed by atoms with van der Waals surface area (Å²) >= 11 is 8.77. The molecule has 0 fully saturated rings. The Morgan fingerprint density at radius 3 is 2.68 bits per heavy atom. The van der Waals surface area contributed by atoms with E-state index in [1.54, 1.807) is 18.9 Å². The molecule has 0 amide bonds. The van der Waals surface area contributed by atoms with Gasteiger partial charge in [-0.25, -0.2) is 0 Å². The molecule has 0 unspecified atom stereocenters. The van der Waals surface area contributed by atoms with Gasteiger partial charge in [0.15, 0.2) is 5.17 Å². The lowest BCUT2D eigenvalue weighted by Gasteiger charge is -2.26. The first kappa shape index (κ1) is 15.2. The zero-order chi connectivity index (χ0) is 14.0. The van der Waals surface area contributed by atoms with Crippen LogP contribution in [-0.4, -0.2) is 23.6 Å². The summed E-state index contributed by atoms with van der Waals surface area (Å²) in [6, 6.07) is 3.93. The molecule has 2 rings (SSSR count). The molecule has 0 saturated carbocycles. The van der Waals surface area contributed by atoms with Crippen LogP contribution in [0.1, 0.15) is 20.3 Å². The van der Waals surface area contributed by atoms with E-state index in [2.05, 4.69) is 51.0 Å². The first-order chi connectivity index (χ1) is 8.91. The Kier molecular flexibility index (Phi) is 4.84. The van der Waals surface area contributed by atoms with E-state index in [9.17, 15) is 0 Å². The topological polar surface area (TPSA) is 33.6 Å². The molecule has 19 heavy (non-hydrogen) atoms. The van der Waals surface area contributed by atoms with Crippen molar-refractivity contribution < 1.29 is 4.74 Å². The fourth-order valence-electron chi connectivity index (χ4n) is 1.72. The van der Waals surface area contributed by atoms with Crippen molar-refractivity contribution in [1.82, 2.24) is 0 Å². The highest BCUT2D eigenvalue weighted by atomic mass is 79.9. The van der Waals surface area contributed by atoms with Gasteiger partial charge in [-0.3, -0.25) is 4.99 Å². The van der Waals surface area contributed by atoms with Crippen LogP contribution < -0.4 is 10.1 Å². The normalized spacial score (nSPS) is 17.8. The van der Waals surface area contributed by atoms with Gasteiger partial charge < -0.3 is 10.1 Å². The molecule has 3 nitrogen and oxygen atoms in total. The van der Waals surface area contributed by atoms with Crippen molar-refractivity contribution >= 4 is 54.5 Å². The van der Waals surface area contributed by atoms with Crippen LogP contribution in [0, 0.1) is 0 Å². The van der Waals surface area contributed by atoms with Gasteiger partial charge in [-0.1, -0.05) is 11.8 Å². The van der Waals surface area contributed by atoms with Gasteiger partial charge >= 0.3 is 0 Å². The molecule has 1 aliphatic rings. The Bertz CT molecular complexity index is 518. The first-order valence-corrected chi connectivity index (χ1v) is 8.51. The van der Waals surface area contributed by atoms with Crippen molar-refractivity contribution in [2.24, 2.45) is 4.99 Å². The quantitative estimate of drug-likeness (QED) is 0.756. The molecule has 1 heterocycles. The number of amidine groups is 1. The fraction of sp³-hybridized carbons (Fsp3) is 0.462. The average molecular weight is 408 g/mol. The van der Waals surface area contributed by atoms with Gasteiger partial charge in [0.25, 0.3) is 0 Å². The van der Waals surface area contributed by atoms with Crippen LogP contribution in [0.15, 0.2) is 26.1 Å². The van der Waals surface area contributed by atoms with Crippen LogP contribution in [0.4, 0.5) is 5.69 Å². The molecule has 1 aliphatic heterocycles. The molecule has 1 aromatic carbocycles. The lowest BCUT2D eigenvalue weighted by Crippen LogP contribution is -2.27. The first-order valence-electron chi connectivity index (χ1n) is 5.94. The van der Waals surface area contributed by atoms with E-state index in [1.807, 2.05) is 12.1 Å². The minimum absolute atomic E-state index is 0.0134. The van der Waals surface area contributed by atoms with Crippen LogP contribution >= 0.6 is 43.6 Å². The van der Waals surface area contributed by atoms with Crippen molar-refractivity contribution in [3.05, 3.63) is 21.1 Å². The van der Waals surface area contributed by atoms with Crippen LogP contribution in [0.3, 0.4) is 0 Å². The molecular formula is C13H16Br2N2OS. The number of hydrogen-bond acceptors (Lipinski definition) is 4. The standard InChI is InChI=1S/C13H16Br2N2OS/c1-13(2)4-5-19-12(17-13)16-10-7-11(18-3)9(15)6-8(10)14/h6-7H,4-5H2,1-3H3,(H,16,17). The number of aliphatic imine (C=N–C) groups is 1. The van der Waals surface area contributed by atoms with E-state index in [0.717, 1.165) is 37.7 Å². The minimum Gasteiger partial charge on any atom is -0.495 e. The third-order valence-electron chi connectivity index (χ3n) is 2.84. The lowest BCUT2D eigenvalue weighted by atomic mass is 10.0. The Labute approximate surface area is 134 Å². The van der Waals surface area contributed by atoms with Crippen molar-refractivity contribution in [2.45, 2.75) is 25.8 Å². The van der Waals surface area contributed by atoms with Gasteiger partial charge in [0.05, 0.1) is 22.8 Å². The number of benzene rings is 1. The number of nitrogens with zero attached hydrogens (tertiary/aromatic N) is 1. The van der Waals surface area contributed by atoms with Crippen molar-refractivity contribution in [3.8, 4) is 5.75 Å². The van der Waals surface area contributed by atoms with E-state index < -0.39 is 0 Å². The maximum absolute atomic E-state index is 5.32. The number of halogens is 2. The van der Waals surface area contributed by atoms with E-state index >= 15 is 0 Å². The molecule has 0 saturated heterocycles. The zero-order valence-corrected chi connectivity index (χ0v) is 15.1. The number of hydrogen-bond donors (Lipinski definition) is 1. The maximum atomic E-state index is 5.32. The molecule has 0 radical (unpaired) electrons. The maximum Gasteiger partial charge on any atom is 0.161 e. The van der Waals surface area contributed by atoms with Crippen LogP contribution in [0.5, 0.6) is 5.75 Å². The summed E-state index contributed by atoms with van der Waals surface area (Å²) < 4.78 is 7.22. The van der Waals surface area contributed by atoms with E-state index in [1.165, 1.54) is 0 Å². The van der Waals surface area contributed by atoms with Gasteiger partial charge in [-0.15, -0.1) is 0 Å². The second kappa shape index (κ2) is 6.06. The molecule has 1 N–H and O–H groups in total. The average Bonchev–Trinajstić information content (AvgIpc) is 2.31. The van der Waals surface area contributed by atoms with Gasteiger partial charge in [0.1, 0.15) is 5.75 Å². The highest BCUT2D eigenvalue weighted by Crippen LogP contribution is 2.36. The van der Waals surface area contributed by atoms with Crippen molar-refractivity contribution in [2.75, 3.05) is 18.2 Å². The summed E-state index contributed by atoms with van der Waals surface area (Å²) in [6.45, 7) is 4.32. The summed E-state index contributed by atoms with van der Waals surface area (Å²) in [4.78, 5) is 4.72. The summed E-state index contributed by atoms with van der Waals surface area (Å²) in [5.74, 6) is 1.88. The summed E-state index contributed by atoms with van der Waals surface area (Å²) in [6.07, 6.45) is 1.10. The second-order valence-electron chi connectivity index (χ2n) is 4.92. The number of thioether (sulfide) groups is 1. The van der Waals surface area contributed by atoms with E-state index in [-0.39, 0.29) is 5.54 Å². The number of anilines is 1.